The maximum Gasteiger partial charge on any atom is 0.236 e. The molecule has 0 aliphatic rings. The van der Waals surface area contributed by atoms with Crippen LogP contribution in [-0.2, 0) is 4.79 Å². The van der Waals surface area contributed by atoms with Crippen molar-refractivity contribution in [1.82, 2.24) is 24.6 Å². The SMILES string of the molecule is O=C(CSc1n[nH]c2nc3ccccc3n12)Nc1nc(-c2cc(F)ccc2F)cs1. The zero-order valence-electron chi connectivity index (χ0n) is 15.1. The Morgan fingerprint density at radius 2 is 2.07 bits per heavy atom. The van der Waals surface area contributed by atoms with Crippen LogP contribution in [0.25, 0.3) is 28.1 Å². The van der Waals surface area contributed by atoms with Crippen LogP contribution >= 0.6 is 23.1 Å². The van der Waals surface area contributed by atoms with E-state index in [-0.39, 0.29) is 22.9 Å². The van der Waals surface area contributed by atoms with Crippen LogP contribution in [0.1, 0.15) is 0 Å². The maximum absolute atomic E-state index is 13.9. The maximum atomic E-state index is 13.9. The third kappa shape index (κ3) is 3.42. The van der Waals surface area contributed by atoms with E-state index in [0.717, 1.165) is 40.6 Å². The van der Waals surface area contributed by atoms with E-state index in [0.29, 0.717) is 16.1 Å². The molecule has 0 spiro atoms. The van der Waals surface area contributed by atoms with Gasteiger partial charge in [-0.2, -0.15) is 0 Å². The van der Waals surface area contributed by atoms with E-state index in [1.165, 1.54) is 11.8 Å². The Morgan fingerprint density at radius 1 is 1.20 bits per heavy atom. The van der Waals surface area contributed by atoms with Gasteiger partial charge in [0, 0.05) is 10.9 Å². The number of thiazole rings is 1. The highest BCUT2D eigenvalue weighted by atomic mass is 32.2. The van der Waals surface area contributed by atoms with Crippen molar-refractivity contribution in [3.8, 4) is 11.3 Å². The lowest BCUT2D eigenvalue weighted by molar-refractivity contribution is -0.113. The van der Waals surface area contributed by atoms with Gasteiger partial charge in [-0.25, -0.2) is 23.8 Å². The summed E-state index contributed by atoms with van der Waals surface area (Å²) in [5.41, 5.74) is 2.04. The lowest BCUT2D eigenvalue weighted by atomic mass is 10.1. The molecule has 3 heterocycles. The standard InChI is InChI=1S/C19H12F2N6OS2/c20-10-5-6-12(21)11(7-10)14-8-29-18(23-14)24-16(28)9-30-19-26-25-17-22-13-3-1-2-4-15(13)27(17)19/h1-8H,9H2,(H,22,25)(H,23,24,28). The van der Waals surface area contributed by atoms with Gasteiger partial charge in [0.15, 0.2) is 10.3 Å². The van der Waals surface area contributed by atoms with Gasteiger partial charge in [-0.3, -0.25) is 9.20 Å². The molecule has 0 bridgehead atoms. The number of benzene rings is 2. The van der Waals surface area contributed by atoms with Gasteiger partial charge in [0.05, 0.1) is 22.5 Å². The highest BCUT2D eigenvalue weighted by Crippen LogP contribution is 2.28. The number of carbonyl (C=O) groups is 1. The number of aromatic amines is 1. The number of hydrogen-bond acceptors (Lipinski definition) is 6. The fourth-order valence-corrected chi connectivity index (χ4v) is 4.46. The quantitative estimate of drug-likeness (QED) is 0.395. The molecule has 0 aliphatic heterocycles. The Kier molecular flexibility index (Phi) is 4.68. The van der Waals surface area contributed by atoms with Crippen molar-refractivity contribution >= 4 is 50.9 Å². The van der Waals surface area contributed by atoms with Crippen LogP contribution in [0.3, 0.4) is 0 Å². The lowest BCUT2D eigenvalue weighted by Crippen LogP contribution is -2.14. The fraction of sp³-hybridized carbons (Fsp3) is 0.0526. The van der Waals surface area contributed by atoms with Crippen molar-refractivity contribution in [2.24, 2.45) is 0 Å². The number of carbonyl (C=O) groups excluding carboxylic acids is 1. The summed E-state index contributed by atoms with van der Waals surface area (Å²) >= 11 is 2.38. The molecule has 0 radical (unpaired) electrons. The van der Waals surface area contributed by atoms with Crippen LogP contribution in [0.15, 0.2) is 53.0 Å². The first-order valence-electron chi connectivity index (χ1n) is 8.73. The Bertz CT molecular complexity index is 1390. The van der Waals surface area contributed by atoms with Crippen LogP contribution in [0.5, 0.6) is 0 Å². The molecule has 0 unspecified atom stereocenters. The minimum atomic E-state index is -0.578. The highest BCUT2D eigenvalue weighted by Gasteiger charge is 2.15. The van der Waals surface area contributed by atoms with Crippen molar-refractivity contribution in [3.05, 3.63) is 59.5 Å². The summed E-state index contributed by atoms with van der Waals surface area (Å²) in [5.74, 6) is -0.735. The first-order valence-corrected chi connectivity index (χ1v) is 10.6. The van der Waals surface area contributed by atoms with E-state index in [1.54, 1.807) is 5.38 Å². The number of anilines is 1. The minimum absolute atomic E-state index is 0.0482. The molecule has 1 amide bonds. The molecule has 0 aliphatic carbocycles. The molecule has 0 saturated heterocycles. The number of nitrogens with one attached hydrogen (secondary N) is 2. The van der Waals surface area contributed by atoms with Crippen LogP contribution in [0, 0.1) is 11.6 Å². The van der Waals surface area contributed by atoms with E-state index >= 15 is 0 Å². The number of aromatic nitrogens is 5. The molecule has 5 rings (SSSR count). The molecular weight excluding hydrogens is 430 g/mol. The van der Waals surface area contributed by atoms with Gasteiger partial charge in [-0.05, 0) is 30.3 Å². The monoisotopic (exact) mass is 442 g/mol. The van der Waals surface area contributed by atoms with Crippen molar-refractivity contribution < 1.29 is 13.6 Å². The van der Waals surface area contributed by atoms with Crippen molar-refractivity contribution in [2.75, 3.05) is 11.1 Å². The number of hydrogen-bond donors (Lipinski definition) is 2. The van der Waals surface area contributed by atoms with E-state index in [1.807, 2.05) is 28.7 Å². The van der Waals surface area contributed by atoms with Gasteiger partial charge in [0.2, 0.25) is 11.7 Å². The second-order valence-corrected chi connectivity index (χ2v) is 8.07. The topological polar surface area (TPSA) is 88.0 Å². The summed E-state index contributed by atoms with van der Waals surface area (Å²) in [6, 6.07) is 10.8. The molecule has 2 aromatic carbocycles. The largest absolute Gasteiger partial charge is 0.301 e. The van der Waals surface area contributed by atoms with Crippen LogP contribution in [0.4, 0.5) is 13.9 Å². The molecule has 11 heteroatoms. The fourth-order valence-electron chi connectivity index (χ4n) is 2.97. The summed E-state index contributed by atoms with van der Waals surface area (Å²) in [4.78, 5) is 21.0. The summed E-state index contributed by atoms with van der Waals surface area (Å²) < 4.78 is 29.1. The number of H-pyrrole nitrogens is 1. The first kappa shape index (κ1) is 18.7. The molecule has 150 valence electrons. The number of halogens is 2. The molecular formula is C19H12F2N6OS2. The number of rotatable bonds is 5. The average Bonchev–Trinajstić information content (AvgIpc) is 3.44. The molecule has 5 aromatic rings. The van der Waals surface area contributed by atoms with E-state index in [4.69, 9.17) is 0 Å². The number of amides is 1. The molecule has 30 heavy (non-hydrogen) atoms. The third-order valence-electron chi connectivity index (χ3n) is 4.29. The highest BCUT2D eigenvalue weighted by molar-refractivity contribution is 7.99. The van der Waals surface area contributed by atoms with E-state index in [9.17, 15) is 13.6 Å². The molecule has 3 aromatic heterocycles. The predicted molar refractivity (Wildman–Crippen MR) is 112 cm³/mol. The van der Waals surface area contributed by atoms with Crippen molar-refractivity contribution in [2.45, 2.75) is 5.16 Å². The van der Waals surface area contributed by atoms with Crippen molar-refractivity contribution in [3.63, 3.8) is 0 Å². The Balaban J connectivity index is 1.29. The third-order valence-corrected chi connectivity index (χ3v) is 5.99. The Labute approximate surface area is 176 Å². The zero-order chi connectivity index (χ0) is 20.7. The number of nitrogens with zero attached hydrogens (tertiary/aromatic N) is 4. The van der Waals surface area contributed by atoms with E-state index < -0.39 is 11.6 Å². The first-order chi connectivity index (χ1) is 14.6. The molecule has 0 atom stereocenters. The number of fused-ring (bicyclic) bond motifs is 3. The summed E-state index contributed by atoms with van der Waals surface area (Å²) in [7, 11) is 0. The van der Waals surface area contributed by atoms with E-state index in [2.05, 4.69) is 25.5 Å². The average molecular weight is 442 g/mol. The second-order valence-electron chi connectivity index (χ2n) is 6.26. The van der Waals surface area contributed by atoms with Gasteiger partial charge in [-0.1, -0.05) is 23.9 Å². The Morgan fingerprint density at radius 3 is 2.97 bits per heavy atom. The van der Waals surface area contributed by atoms with Crippen LogP contribution in [0.2, 0.25) is 0 Å². The number of thioether (sulfide) groups is 1. The normalized spacial score (nSPS) is 11.4. The minimum Gasteiger partial charge on any atom is -0.301 e. The lowest BCUT2D eigenvalue weighted by Gasteiger charge is -2.01. The molecule has 0 fully saturated rings. The Hall–Kier alpha value is -3.31. The summed E-state index contributed by atoms with van der Waals surface area (Å²) in [5, 5.41) is 12.2. The molecule has 7 nitrogen and oxygen atoms in total. The molecule has 2 N–H and O–H groups in total. The van der Waals surface area contributed by atoms with Crippen LogP contribution in [-0.4, -0.2) is 36.2 Å². The number of imidazole rings is 1. The summed E-state index contributed by atoms with van der Waals surface area (Å²) in [6.07, 6.45) is 0. The van der Waals surface area contributed by atoms with Crippen LogP contribution < -0.4 is 5.32 Å². The van der Waals surface area contributed by atoms with Gasteiger partial charge in [0.25, 0.3) is 0 Å². The number of para-hydroxylation sites is 2. The van der Waals surface area contributed by atoms with Gasteiger partial charge < -0.3 is 5.32 Å². The summed E-state index contributed by atoms with van der Waals surface area (Å²) in [6.45, 7) is 0. The van der Waals surface area contributed by atoms with Crippen molar-refractivity contribution in [1.29, 1.82) is 0 Å². The second kappa shape index (κ2) is 7.50. The van der Waals surface area contributed by atoms with Gasteiger partial charge in [0.1, 0.15) is 11.6 Å². The smallest absolute Gasteiger partial charge is 0.236 e. The predicted octanol–water partition coefficient (Wildman–Crippen LogP) is 4.34. The zero-order valence-corrected chi connectivity index (χ0v) is 16.7. The molecule has 0 saturated carbocycles. The van der Waals surface area contributed by atoms with Gasteiger partial charge in [-0.15, -0.1) is 16.4 Å². The van der Waals surface area contributed by atoms with Gasteiger partial charge >= 0.3 is 0 Å².